The lowest BCUT2D eigenvalue weighted by Gasteiger charge is -2.56. The molecule has 0 amide bonds. The first-order valence-electron chi connectivity index (χ1n) is 9.57. The molecule has 0 aromatic heterocycles. The fourth-order valence-electron chi connectivity index (χ4n) is 7.36. The summed E-state index contributed by atoms with van der Waals surface area (Å²) in [5, 5.41) is 10.4. The van der Waals surface area contributed by atoms with Crippen LogP contribution in [0.3, 0.4) is 0 Å². The van der Waals surface area contributed by atoms with Gasteiger partial charge in [0.1, 0.15) is 5.78 Å². The highest BCUT2D eigenvalue weighted by molar-refractivity contribution is 5.87. The minimum Gasteiger partial charge on any atom is -0.390 e. The molecule has 0 unspecified atom stereocenters. The van der Waals surface area contributed by atoms with Gasteiger partial charge in [-0.1, -0.05) is 13.8 Å². The van der Waals surface area contributed by atoms with Crippen molar-refractivity contribution in [2.75, 3.05) is 0 Å². The van der Waals surface area contributed by atoms with Crippen LogP contribution >= 0.6 is 0 Å². The minimum absolute atomic E-state index is 0.00637. The highest BCUT2D eigenvalue weighted by atomic mass is 16.3. The van der Waals surface area contributed by atoms with Crippen molar-refractivity contribution < 1.29 is 9.90 Å². The Labute approximate surface area is 135 Å². The van der Waals surface area contributed by atoms with Gasteiger partial charge in [0.15, 0.2) is 0 Å². The Balaban J connectivity index is 1.60. The maximum atomic E-state index is 12.6. The van der Waals surface area contributed by atoms with Crippen LogP contribution < -0.4 is 0 Å². The summed E-state index contributed by atoms with van der Waals surface area (Å²) in [7, 11) is 0. The second-order valence-electron chi connectivity index (χ2n) is 9.66. The SMILES string of the molecule is C[C@@H]1CC(=O)[C@@]2(C)CC[C@H]3[C@@H](CC[C@H]4C[C@](C)(O)CC[C@@H]43)[C@H]12. The van der Waals surface area contributed by atoms with E-state index in [9.17, 15) is 9.90 Å². The van der Waals surface area contributed by atoms with Crippen molar-refractivity contribution in [1.82, 2.24) is 0 Å². The van der Waals surface area contributed by atoms with Crippen LogP contribution in [0.1, 0.15) is 72.1 Å². The molecule has 8 atom stereocenters. The van der Waals surface area contributed by atoms with Gasteiger partial charge in [0, 0.05) is 11.8 Å². The van der Waals surface area contributed by atoms with Gasteiger partial charge < -0.3 is 5.11 Å². The maximum Gasteiger partial charge on any atom is 0.139 e. The van der Waals surface area contributed by atoms with Crippen LogP contribution in [0.15, 0.2) is 0 Å². The Bertz CT molecular complexity index is 482. The van der Waals surface area contributed by atoms with E-state index in [0.717, 1.165) is 49.4 Å². The van der Waals surface area contributed by atoms with E-state index in [1.165, 1.54) is 25.7 Å². The smallest absolute Gasteiger partial charge is 0.139 e. The highest BCUT2D eigenvalue weighted by Gasteiger charge is 2.59. The van der Waals surface area contributed by atoms with Crippen molar-refractivity contribution in [3.05, 3.63) is 0 Å². The molecule has 4 aliphatic carbocycles. The van der Waals surface area contributed by atoms with Gasteiger partial charge in [-0.3, -0.25) is 4.79 Å². The molecule has 2 nitrogen and oxygen atoms in total. The van der Waals surface area contributed by atoms with Crippen LogP contribution in [0.5, 0.6) is 0 Å². The van der Waals surface area contributed by atoms with Crippen molar-refractivity contribution >= 4 is 5.78 Å². The predicted molar refractivity (Wildman–Crippen MR) is 87.3 cm³/mol. The third-order valence-corrected chi connectivity index (χ3v) is 8.25. The molecule has 4 saturated carbocycles. The number of carbonyl (C=O) groups excluding carboxylic acids is 1. The molecular weight excluding hydrogens is 272 g/mol. The highest BCUT2D eigenvalue weighted by Crippen LogP contribution is 2.63. The molecule has 22 heavy (non-hydrogen) atoms. The first kappa shape index (κ1) is 15.2. The second-order valence-corrected chi connectivity index (χ2v) is 9.66. The summed E-state index contributed by atoms with van der Waals surface area (Å²) >= 11 is 0. The molecular formula is C20H32O2. The normalized spacial score (nSPS) is 57.9. The lowest BCUT2D eigenvalue weighted by atomic mass is 9.49. The maximum absolute atomic E-state index is 12.6. The van der Waals surface area contributed by atoms with E-state index in [2.05, 4.69) is 13.8 Å². The number of Topliss-reactive ketones (excluding diaryl/α,β-unsaturated/α-hetero) is 1. The van der Waals surface area contributed by atoms with Crippen LogP contribution in [0.2, 0.25) is 0 Å². The number of hydrogen-bond donors (Lipinski definition) is 1. The number of carbonyl (C=O) groups is 1. The van der Waals surface area contributed by atoms with Crippen LogP contribution in [0.4, 0.5) is 0 Å². The average molecular weight is 304 g/mol. The fourth-order valence-corrected chi connectivity index (χ4v) is 7.36. The van der Waals surface area contributed by atoms with E-state index in [1.807, 2.05) is 6.92 Å². The van der Waals surface area contributed by atoms with Gasteiger partial charge in [0.2, 0.25) is 0 Å². The molecule has 124 valence electrons. The number of rotatable bonds is 0. The molecule has 0 saturated heterocycles. The van der Waals surface area contributed by atoms with Gasteiger partial charge in [-0.2, -0.15) is 0 Å². The molecule has 0 heterocycles. The summed E-state index contributed by atoms with van der Waals surface area (Å²) in [6, 6.07) is 0. The lowest BCUT2D eigenvalue weighted by Crippen LogP contribution is -2.51. The average Bonchev–Trinajstić information content (AvgIpc) is 2.67. The van der Waals surface area contributed by atoms with Gasteiger partial charge in [0.25, 0.3) is 0 Å². The van der Waals surface area contributed by atoms with E-state index in [-0.39, 0.29) is 5.41 Å². The number of ketones is 1. The molecule has 0 aromatic rings. The van der Waals surface area contributed by atoms with Crippen molar-refractivity contribution in [2.45, 2.75) is 77.7 Å². The molecule has 2 heteroatoms. The molecule has 4 fully saturated rings. The van der Waals surface area contributed by atoms with E-state index in [4.69, 9.17) is 0 Å². The standard InChI is InChI=1S/C20H32O2/c1-12-10-17(21)20(3)9-7-15-14-6-8-19(2,22)11-13(14)4-5-16(15)18(12)20/h12-16,18,22H,4-11H2,1-3H3/t12-,13+,14+,15-,16-,18+,19-,20-/m1/s1. The Morgan fingerprint density at radius 3 is 2.50 bits per heavy atom. The van der Waals surface area contributed by atoms with E-state index < -0.39 is 5.60 Å². The van der Waals surface area contributed by atoms with Gasteiger partial charge in [-0.25, -0.2) is 0 Å². The zero-order valence-corrected chi connectivity index (χ0v) is 14.5. The Hall–Kier alpha value is -0.370. The van der Waals surface area contributed by atoms with Gasteiger partial charge in [-0.05, 0) is 87.4 Å². The molecule has 0 spiro atoms. The van der Waals surface area contributed by atoms with Crippen molar-refractivity contribution in [1.29, 1.82) is 0 Å². The topological polar surface area (TPSA) is 37.3 Å². The largest absolute Gasteiger partial charge is 0.390 e. The molecule has 0 aromatic carbocycles. The summed E-state index contributed by atoms with van der Waals surface area (Å²) in [6.45, 7) is 6.64. The molecule has 0 aliphatic heterocycles. The third-order valence-electron chi connectivity index (χ3n) is 8.25. The Morgan fingerprint density at radius 2 is 1.73 bits per heavy atom. The zero-order valence-electron chi connectivity index (χ0n) is 14.5. The molecule has 0 bridgehead atoms. The summed E-state index contributed by atoms with van der Waals surface area (Å²) in [5.41, 5.74) is -0.429. The van der Waals surface area contributed by atoms with Gasteiger partial charge in [0.05, 0.1) is 5.60 Å². The van der Waals surface area contributed by atoms with Crippen LogP contribution in [0, 0.1) is 40.9 Å². The van der Waals surface area contributed by atoms with Crippen molar-refractivity contribution in [3.8, 4) is 0 Å². The lowest BCUT2D eigenvalue weighted by molar-refractivity contribution is -0.135. The summed E-state index contributed by atoms with van der Waals surface area (Å²) in [6.07, 6.45) is 9.01. The predicted octanol–water partition coefficient (Wildman–Crippen LogP) is 4.21. The van der Waals surface area contributed by atoms with Crippen molar-refractivity contribution in [3.63, 3.8) is 0 Å². The van der Waals surface area contributed by atoms with Crippen LogP contribution in [0.25, 0.3) is 0 Å². The van der Waals surface area contributed by atoms with Gasteiger partial charge >= 0.3 is 0 Å². The van der Waals surface area contributed by atoms with Crippen molar-refractivity contribution in [2.24, 2.45) is 40.9 Å². The van der Waals surface area contributed by atoms with E-state index in [0.29, 0.717) is 17.6 Å². The van der Waals surface area contributed by atoms with Crippen LogP contribution in [-0.4, -0.2) is 16.5 Å². The first-order chi connectivity index (χ1) is 10.3. The quantitative estimate of drug-likeness (QED) is 0.728. The minimum atomic E-state index is -0.423. The second kappa shape index (κ2) is 4.82. The number of aliphatic hydroxyl groups is 1. The first-order valence-corrected chi connectivity index (χ1v) is 9.57. The number of hydrogen-bond acceptors (Lipinski definition) is 2. The van der Waals surface area contributed by atoms with E-state index in [1.54, 1.807) is 0 Å². The summed E-state index contributed by atoms with van der Waals surface area (Å²) < 4.78 is 0. The molecule has 1 N–H and O–H groups in total. The monoisotopic (exact) mass is 304 g/mol. The fraction of sp³-hybridized carbons (Fsp3) is 0.950. The molecule has 4 rings (SSSR count). The number of fused-ring (bicyclic) bond motifs is 5. The molecule has 4 aliphatic rings. The van der Waals surface area contributed by atoms with Gasteiger partial charge in [-0.15, -0.1) is 0 Å². The Morgan fingerprint density at radius 1 is 1.00 bits per heavy atom. The van der Waals surface area contributed by atoms with E-state index >= 15 is 0 Å². The Kier molecular flexibility index (Phi) is 3.32. The summed E-state index contributed by atoms with van der Waals surface area (Å²) in [4.78, 5) is 12.6. The summed E-state index contributed by atoms with van der Waals surface area (Å²) in [5.74, 6) is 4.96. The molecule has 0 radical (unpaired) electrons. The third kappa shape index (κ3) is 2.05. The zero-order chi connectivity index (χ0) is 15.7. The van der Waals surface area contributed by atoms with Crippen LogP contribution in [-0.2, 0) is 4.79 Å².